The molecule has 0 bridgehead atoms. The predicted molar refractivity (Wildman–Crippen MR) is 110 cm³/mol. The number of para-hydroxylation sites is 1. The maximum Gasteiger partial charge on any atom is 0.242 e. The van der Waals surface area contributed by atoms with Crippen molar-refractivity contribution < 1.29 is 14.4 Å². The summed E-state index contributed by atoms with van der Waals surface area (Å²) in [4.78, 5) is 46.0. The van der Waals surface area contributed by atoms with Crippen molar-refractivity contribution >= 4 is 39.3 Å². The number of allylic oxidation sites excluding steroid dienone is 2. The molecule has 0 spiro atoms. The minimum atomic E-state index is -0.280. The van der Waals surface area contributed by atoms with Crippen molar-refractivity contribution in [2.75, 3.05) is 19.6 Å². The van der Waals surface area contributed by atoms with Gasteiger partial charge in [-0.15, -0.1) is 11.3 Å². The number of aromatic nitrogens is 1. The van der Waals surface area contributed by atoms with E-state index in [0.717, 1.165) is 28.1 Å². The molecule has 1 aliphatic carbocycles. The normalized spacial score (nSPS) is 27.0. The van der Waals surface area contributed by atoms with Crippen LogP contribution in [0.4, 0.5) is 0 Å². The van der Waals surface area contributed by atoms with Gasteiger partial charge in [-0.2, -0.15) is 0 Å². The van der Waals surface area contributed by atoms with Gasteiger partial charge in [0.25, 0.3) is 0 Å². The van der Waals surface area contributed by atoms with E-state index < -0.39 is 0 Å². The van der Waals surface area contributed by atoms with E-state index in [9.17, 15) is 14.4 Å². The summed E-state index contributed by atoms with van der Waals surface area (Å²) in [6.45, 7) is 1.14. The molecular weight excluding hydrogens is 386 g/mol. The number of amides is 3. The van der Waals surface area contributed by atoms with Gasteiger partial charge >= 0.3 is 0 Å². The van der Waals surface area contributed by atoms with Crippen molar-refractivity contribution in [3.8, 4) is 0 Å². The number of fused-ring (bicyclic) bond motifs is 2. The first-order chi connectivity index (χ1) is 14.1. The van der Waals surface area contributed by atoms with Gasteiger partial charge in [-0.3, -0.25) is 19.3 Å². The smallest absolute Gasteiger partial charge is 0.242 e. The van der Waals surface area contributed by atoms with Crippen molar-refractivity contribution in [3.63, 3.8) is 0 Å². The second kappa shape index (κ2) is 7.37. The van der Waals surface area contributed by atoms with E-state index in [-0.39, 0.29) is 42.0 Å². The van der Waals surface area contributed by atoms with E-state index in [0.29, 0.717) is 25.9 Å². The van der Waals surface area contributed by atoms with Gasteiger partial charge in [0.1, 0.15) is 6.54 Å². The highest BCUT2D eigenvalue weighted by Gasteiger charge is 2.48. The molecule has 3 aliphatic rings. The number of rotatable bonds is 3. The molecule has 150 valence electrons. The molecule has 7 heteroatoms. The lowest BCUT2D eigenvalue weighted by atomic mass is 9.85. The Kier molecular flexibility index (Phi) is 4.70. The van der Waals surface area contributed by atoms with Crippen molar-refractivity contribution in [3.05, 3.63) is 41.4 Å². The molecule has 0 unspecified atom stereocenters. The van der Waals surface area contributed by atoms with E-state index in [1.54, 1.807) is 16.2 Å². The van der Waals surface area contributed by atoms with Crippen LogP contribution in [-0.2, 0) is 14.4 Å². The Hall–Kier alpha value is -2.54. The van der Waals surface area contributed by atoms with E-state index in [1.807, 2.05) is 30.4 Å². The Morgan fingerprint density at radius 2 is 1.83 bits per heavy atom. The van der Waals surface area contributed by atoms with Crippen LogP contribution < -0.4 is 0 Å². The predicted octanol–water partition coefficient (Wildman–Crippen LogP) is 2.95. The summed E-state index contributed by atoms with van der Waals surface area (Å²) < 4.78 is 1.16. The number of hydrogen-bond acceptors (Lipinski definition) is 5. The van der Waals surface area contributed by atoms with Crippen molar-refractivity contribution in [1.29, 1.82) is 0 Å². The Morgan fingerprint density at radius 3 is 2.55 bits per heavy atom. The highest BCUT2D eigenvalue weighted by atomic mass is 32.1. The van der Waals surface area contributed by atoms with Gasteiger partial charge in [0.15, 0.2) is 0 Å². The summed E-state index contributed by atoms with van der Waals surface area (Å²) in [6.07, 6.45) is 7.03. The van der Waals surface area contributed by atoms with E-state index >= 15 is 0 Å². The zero-order valence-electron chi connectivity index (χ0n) is 16.1. The molecule has 1 aromatic carbocycles. The van der Waals surface area contributed by atoms with Crippen molar-refractivity contribution in [1.82, 2.24) is 14.8 Å². The third-order valence-corrected chi connectivity index (χ3v) is 7.52. The van der Waals surface area contributed by atoms with Crippen LogP contribution in [0.1, 0.15) is 36.6 Å². The van der Waals surface area contributed by atoms with Crippen LogP contribution in [0.5, 0.6) is 0 Å². The fourth-order valence-electron chi connectivity index (χ4n) is 4.73. The van der Waals surface area contributed by atoms with E-state index in [2.05, 4.69) is 6.07 Å². The highest BCUT2D eigenvalue weighted by molar-refractivity contribution is 7.18. The molecule has 2 aromatic rings. The van der Waals surface area contributed by atoms with Crippen LogP contribution in [0.15, 0.2) is 36.4 Å². The average molecular weight is 410 g/mol. The van der Waals surface area contributed by atoms with Gasteiger partial charge in [0.05, 0.1) is 27.1 Å². The van der Waals surface area contributed by atoms with Crippen LogP contribution in [0, 0.1) is 11.8 Å². The molecule has 3 atom stereocenters. The molecule has 3 heterocycles. The maximum atomic E-state index is 12.9. The quantitative estimate of drug-likeness (QED) is 0.577. The zero-order chi connectivity index (χ0) is 20.0. The second-order valence-corrected chi connectivity index (χ2v) is 9.18. The monoisotopic (exact) mass is 409 g/mol. The number of benzene rings is 1. The SMILES string of the molecule is O=C(CN1C(=O)[C@H]2CC=CC[C@@H]2C1=O)N1CCC[C@H](c2nc3ccccc3s2)C1. The number of piperidine rings is 1. The molecular formula is C22H23N3O3S. The molecule has 2 aliphatic heterocycles. The average Bonchev–Trinajstić information content (AvgIpc) is 3.29. The summed E-state index contributed by atoms with van der Waals surface area (Å²) in [7, 11) is 0. The lowest BCUT2D eigenvalue weighted by molar-refractivity contribution is -0.147. The van der Waals surface area contributed by atoms with Gasteiger partial charge < -0.3 is 4.90 Å². The minimum absolute atomic E-state index is 0.128. The fourth-order valence-corrected chi connectivity index (χ4v) is 5.82. The molecule has 0 saturated carbocycles. The molecule has 1 aromatic heterocycles. The molecule has 0 radical (unpaired) electrons. The fraction of sp³-hybridized carbons (Fsp3) is 0.455. The number of carbonyl (C=O) groups excluding carboxylic acids is 3. The van der Waals surface area contributed by atoms with Crippen LogP contribution >= 0.6 is 11.3 Å². The number of thiazole rings is 1. The van der Waals surface area contributed by atoms with Gasteiger partial charge in [0, 0.05) is 19.0 Å². The lowest BCUT2D eigenvalue weighted by Gasteiger charge is -2.32. The van der Waals surface area contributed by atoms with Crippen LogP contribution in [0.3, 0.4) is 0 Å². The number of nitrogens with zero attached hydrogens (tertiary/aromatic N) is 3. The summed E-state index contributed by atoms with van der Waals surface area (Å²) in [5, 5.41) is 1.06. The Balaban J connectivity index is 1.28. The molecule has 5 rings (SSSR count). The van der Waals surface area contributed by atoms with Crippen LogP contribution in [0.25, 0.3) is 10.2 Å². The van der Waals surface area contributed by atoms with E-state index in [1.165, 1.54) is 4.90 Å². The number of likely N-dealkylation sites (tertiary alicyclic amines) is 2. The summed E-state index contributed by atoms with van der Waals surface area (Å²) in [5.74, 6) is -0.852. The summed E-state index contributed by atoms with van der Waals surface area (Å²) in [6, 6.07) is 8.08. The Labute approximate surface area is 173 Å². The van der Waals surface area contributed by atoms with Gasteiger partial charge in [-0.05, 0) is 37.8 Å². The summed E-state index contributed by atoms with van der Waals surface area (Å²) in [5.41, 5.74) is 1.00. The number of carbonyl (C=O) groups is 3. The molecule has 3 amide bonds. The van der Waals surface area contributed by atoms with Crippen molar-refractivity contribution in [2.45, 2.75) is 31.6 Å². The molecule has 2 fully saturated rings. The Morgan fingerprint density at radius 1 is 1.10 bits per heavy atom. The Bertz CT molecular complexity index is 955. The summed E-state index contributed by atoms with van der Waals surface area (Å²) >= 11 is 1.69. The second-order valence-electron chi connectivity index (χ2n) is 8.12. The number of imide groups is 1. The molecule has 2 saturated heterocycles. The maximum absolute atomic E-state index is 12.9. The van der Waals surface area contributed by atoms with Crippen molar-refractivity contribution in [2.24, 2.45) is 11.8 Å². The first kappa shape index (κ1) is 18.5. The first-order valence-corrected chi connectivity index (χ1v) is 11.1. The topological polar surface area (TPSA) is 70.6 Å². The molecule has 6 nitrogen and oxygen atoms in total. The standard InChI is InChI=1S/C22H23N3O3S/c26-19(13-25-21(27)15-7-1-2-8-16(15)22(25)28)24-11-5-6-14(12-24)20-23-17-9-3-4-10-18(17)29-20/h1-4,9-10,14-16H,5-8,11-13H2/t14-,15-,16-/m0/s1. The minimum Gasteiger partial charge on any atom is -0.340 e. The lowest BCUT2D eigenvalue weighted by Crippen LogP contribution is -2.46. The largest absolute Gasteiger partial charge is 0.340 e. The molecule has 0 N–H and O–H groups in total. The van der Waals surface area contributed by atoms with Crippen LogP contribution in [-0.4, -0.2) is 52.1 Å². The highest BCUT2D eigenvalue weighted by Crippen LogP contribution is 2.36. The van der Waals surface area contributed by atoms with Gasteiger partial charge in [0.2, 0.25) is 17.7 Å². The third kappa shape index (κ3) is 3.27. The third-order valence-electron chi connectivity index (χ3n) is 6.33. The first-order valence-electron chi connectivity index (χ1n) is 10.3. The zero-order valence-corrected chi connectivity index (χ0v) is 16.9. The van der Waals surface area contributed by atoms with Gasteiger partial charge in [-0.25, -0.2) is 4.98 Å². The van der Waals surface area contributed by atoms with E-state index in [4.69, 9.17) is 4.98 Å². The van der Waals surface area contributed by atoms with Crippen LogP contribution in [0.2, 0.25) is 0 Å². The molecule has 29 heavy (non-hydrogen) atoms. The number of hydrogen-bond donors (Lipinski definition) is 0. The van der Waals surface area contributed by atoms with Gasteiger partial charge in [-0.1, -0.05) is 24.3 Å².